The van der Waals surface area contributed by atoms with Crippen LogP contribution in [-0.2, 0) is 6.18 Å². The third-order valence-corrected chi connectivity index (χ3v) is 3.51. The number of anilines is 1. The fourth-order valence-electron chi connectivity index (χ4n) is 1.35. The Hall–Kier alpha value is -2.27. The van der Waals surface area contributed by atoms with Crippen molar-refractivity contribution in [3.8, 4) is 0 Å². The van der Waals surface area contributed by atoms with Gasteiger partial charge in [-0.25, -0.2) is 0 Å². The molecule has 12 heteroatoms. The zero-order valence-corrected chi connectivity index (χ0v) is 11.8. The van der Waals surface area contributed by atoms with Crippen LogP contribution < -0.4 is 5.32 Å². The van der Waals surface area contributed by atoms with E-state index in [-0.39, 0.29) is 27.6 Å². The van der Waals surface area contributed by atoms with Crippen LogP contribution in [0.3, 0.4) is 0 Å². The summed E-state index contributed by atoms with van der Waals surface area (Å²) in [5, 5.41) is 17.0. The summed E-state index contributed by atoms with van der Waals surface area (Å²) in [7, 11) is 0. The van der Waals surface area contributed by atoms with Gasteiger partial charge in [-0.3, -0.25) is 20.2 Å². The summed E-state index contributed by atoms with van der Waals surface area (Å²) in [6.45, 7) is 0. The number of nitrogens with zero attached hydrogens (tertiary/aromatic N) is 3. The molecule has 1 aromatic carbocycles. The van der Waals surface area contributed by atoms with E-state index >= 15 is 0 Å². The zero-order chi connectivity index (χ0) is 16.5. The summed E-state index contributed by atoms with van der Waals surface area (Å²) >= 11 is 5.87. The lowest BCUT2D eigenvalue weighted by Gasteiger charge is -2.03. The van der Waals surface area contributed by atoms with Gasteiger partial charge in [-0.2, -0.15) is 13.2 Å². The first-order chi connectivity index (χ1) is 10.2. The molecule has 0 atom stereocenters. The highest BCUT2D eigenvalue weighted by Crippen LogP contribution is 2.33. The molecule has 1 aromatic heterocycles. The molecule has 0 aliphatic rings. The van der Waals surface area contributed by atoms with Crippen molar-refractivity contribution in [1.82, 2.24) is 10.2 Å². The molecular formula is C10H4ClF3N4O3S. The highest BCUT2D eigenvalue weighted by Gasteiger charge is 2.35. The second-order valence-electron chi connectivity index (χ2n) is 3.79. The molecule has 22 heavy (non-hydrogen) atoms. The standard InChI is InChI=1S/C10H4ClF3N4O3S/c11-6-2-1-4(18(20)21)3-5(6)7(19)15-9-17-16-8(22-9)10(12,13)14/h1-3H,(H,15,17,19). The fourth-order valence-corrected chi connectivity index (χ4v) is 2.16. The van der Waals surface area contributed by atoms with Crippen LogP contribution in [0.2, 0.25) is 5.02 Å². The molecule has 0 spiro atoms. The summed E-state index contributed by atoms with van der Waals surface area (Å²) in [5.74, 6) is -0.932. The predicted molar refractivity (Wildman–Crippen MR) is 71.0 cm³/mol. The Bertz CT molecular complexity index is 749. The van der Waals surface area contributed by atoms with Crippen LogP contribution in [0.4, 0.5) is 24.0 Å². The molecule has 1 heterocycles. The van der Waals surface area contributed by atoms with Gasteiger partial charge in [0.25, 0.3) is 11.6 Å². The smallest absolute Gasteiger partial charge is 0.296 e. The molecule has 2 aromatic rings. The highest BCUT2D eigenvalue weighted by molar-refractivity contribution is 7.15. The van der Waals surface area contributed by atoms with Crippen LogP contribution in [0.15, 0.2) is 18.2 Å². The van der Waals surface area contributed by atoms with E-state index in [0.717, 1.165) is 18.2 Å². The van der Waals surface area contributed by atoms with Crippen molar-refractivity contribution in [2.75, 3.05) is 5.32 Å². The molecule has 0 radical (unpaired) electrons. The number of rotatable bonds is 3. The molecule has 0 bridgehead atoms. The van der Waals surface area contributed by atoms with Crippen LogP contribution in [0.25, 0.3) is 0 Å². The number of nitro benzene ring substituents is 1. The van der Waals surface area contributed by atoms with Gasteiger partial charge in [0.1, 0.15) is 0 Å². The Morgan fingerprint density at radius 2 is 2.05 bits per heavy atom. The van der Waals surface area contributed by atoms with Crippen molar-refractivity contribution in [2.24, 2.45) is 0 Å². The first-order valence-electron chi connectivity index (χ1n) is 5.34. The van der Waals surface area contributed by atoms with E-state index in [1.807, 2.05) is 0 Å². The third-order valence-electron chi connectivity index (χ3n) is 2.29. The molecule has 0 fully saturated rings. The van der Waals surface area contributed by atoms with Crippen molar-refractivity contribution in [2.45, 2.75) is 6.18 Å². The van der Waals surface area contributed by atoms with Crippen LogP contribution >= 0.6 is 22.9 Å². The number of nitrogens with one attached hydrogen (secondary N) is 1. The Balaban J connectivity index is 2.24. The molecule has 1 N–H and O–H groups in total. The van der Waals surface area contributed by atoms with E-state index < -0.39 is 27.1 Å². The lowest BCUT2D eigenvalue weighted by Crippen LogP contribution is -2.12. The van der Waals surface area contributed by atoms with Gasteiger partial charge in [0.2, 0.25) is 10.1 Å². The normalized spacial score (nSPS) is 11.3. The summed E-state index contributed by atoms with van der Waals surface area (Å²) in [6.07, 6.45) is -4.68. The van der Waals surface area contributed by atoms with Gasteiger partial charge in [0.05, 0.1) is 15.5 Å². The van der Waals surface area contributed by atoms with Crippen molar-refractivity contribution in [3.63, 3.8) is 0 Å². The minimum atomic E-state index is -4.68. The number of carbonyl (C=O) groups excluding carboxylic acids is 1. The SMILES string of the molecule is O=C(Nc1nnc(C(F)(F)F)s1)c1cc([N+](=O)[O-])ccc1Cl. The van der Waals surface area contributed by atoms with Crippen LogP contribution in [0.1, 0.15) is 15.4 Å². The summed E-state index contributed by atoms with van der Waals surface area (Å²) < 4.78 is 37.1. The molecule has 0 aliphatic carbocycles. The summed E-state index contributed by atoms with van der Waals surface area (Å²) in [5.41, 5.74) is -0.651. The molecular weight excluding hydrogens is 349 g/mol. The minimum absolute atomic E-state index is 0.0938. The van der Waals surface area contributed by atoms with Gasteiger partial charge in [-0.1, -0.05) is 22.9 Å². The maximum absolute atomic E-state index is 12.4. The maximum Gasteiger partial charge on any atom is 0.445 e. The van der Waals surface area contributed by atoms with Crippen molar-refractivity contribution >= 4 is 39.7 Å². The van der Waals surface area contributed by atoms with Gasteiger partial charge < -0.3 is 0 Å². The number of aromatic nitrogens is 2. The average Bonchev–Trinajstić information content (AvgIpc) is 2.87. The van der Waals surface area contributed by atoms with Crippen molar-refractivity contribution in [3.05, 3.63) is 43.9 Å². The number of benzene rings is 1. The highest BCUT2D eigenvalue weighted by atomic mass is 35.5. The number of alkyl halides is 3. The lowest BCUT2D eigenvalue weighted by molar-refractivity contribution is -0.384. The number of hydrogen-bond acceptors (Lipinski definition) is 6. The fraction of sp³-hybridized carbons (Fsp3) is 0.100. The molecule has 0 aliphatic heterocycles. The summed E-state index contributed by atoms with van der Waals surface area (Å²) in [6, 6.07) is 3.13. The lowest BCUT2D eigenvalue weighted by atomic mass is 10.2. The largest absolute Gasteiger partial charge is 0.445 e. The molecule has 116 valence electrons. The van der Waals surface area contributed by atoms with E-state index in [1.165, 1.54) is 0 Å². The van der Waals surface area contributed by atoms with E-state index in [9.17, 15) is 28.1 Å². The number of carbonyl (C=O) groups is 1. The Morgan fingerprint density at radius 1 is 1.36 bits per heavy atom. The van der Waals surface area contributed by atoms with Gasteiger partial charge in [0, 0.05) is 12.1 Å². The molecule has 0 unspecified atom stereocenters. The van der Waals surface area contributed by atoms with E-state index in [0.29, 0.717) is 0 Å². The quantitative estimate of drug-likeness (QED) is 0.674. The number of halogens is 4. The van der Waals surface area contributed by atoms with Gasteiger partial charge in [-0.05, 0) is 6.07 Å². The number of nitro groups is 1. The third kappa shape index (κ3) is 3.49. The van der Waals surface area contributed by atoms with Gasteiger partial charge in [0.15, 0.2) is 0 Å². The number of amides is 1. The average molecular weight is 353 g/mol. The minimum Gasteiger partial charge on any atom is -0.296 e. The van der Waals surface area contributed by atoms with E-state index in [4.69, 9.17) is 11.6 Å². The predicted octanol–water partition coefficient (Wildman–Crippen LogP) is 3.37. The summed E-state index contributed by atoms with van der Waals surface area (Å²) in [4.78, 5) is 21.8. The van der Waals surface area contributed by atoms with Gasteiger partial charge >= 0.3 is 6.18 Å². The number of non-ortho nitro benzene ring substituents is 1. The first-order valence-corrected chi connectivity index (χ1v) is 6.54. The second kappa shape index (κ2) is 5.85. The Morgan fingerprint density at radius 3 is 2.59 bits per heavy atom. The second-order valence-corrected chi connectivity index (χ2v) is 5.17. The Labute approximate surface area is 128 Å². The van der Waals surface area contributed by atoms with Crippen LogP contribution in [0.5, 0.6) is 0 Å². The monoisotopic (exact) mass is 352 g/mol. The first kappa shape index (κ1) is 16.1. The molecule has 2 rings (SSSR count). The maximum atomic E-state index is 12.4. The van der Waals surface area contributed by atoms with Crippen molar-refractivity contribution < 1.29 is 22.9 Å². The van der Waals surface area contributed by atoms with E-state index in [1.54, 1.807) is 0 Å². The number of hydrogen-bond donors (Lipinski definition) is 1. The van der Waals surface area contributed by atoms with Crippen molar-refractivity contribution in [1.29, 1.82) is 0 Å². The zero-order valence-electron chi connectivity index (χ0n) is 10.2. The molecule has 7 nitrogen and oxygen atoms in total. The van der Waals surface area contributed by atoms with Crippen LogP contribution in [0, 0.1) is 10.1 Å². The molecule has 0 saturated heterocycles. The Kier molecular flexibility index (Phi) is 4.28. The molecule has 0 saturated carbocycles. The molecule has 1 amide bonds. The van der Waals surface area contributed by atoms with E-state index in [2.05, 4.69) is 15.5 Å². The van der Waals surface area contributed by atoms with Crippen LogP contribution in [-0.4, -0.2) is 21.0 Å². The van der Waals surface area contributed by atoms with Gasteiger partial charge in [-0.15, -0.1) is 10.2 Å². The topological polar surface area (TPSA) is 98.0 Å².